The summed E-state index contributed by atoms with van der Waals surface area (Å²) in [5, 5.41) is 0. The van der Waals surface area contributed by atoms with Crippen LogP contribution in [0.2, 0.25) is 0 Å². The first kappa shape index (κ1) is 9.15. The third-order valence-electron chi connectivity index (χ3n) is 2.61. The molecule has 0 saturated heterocycles. The van der Waals surface area contributed by atoms with Gasteiger partial charge < -0.3 is 21.1 Å². The Labute approximate surface area is 83.4 Å². The van der Waals surface area contributed by atoms with Crippen molar-refractivity contribution in [1.82, 2.24) is 0 Å². The predicted octanol–water partition coefficient (Wildman–Crippen LogP) is 0.425. The van der Waals surface area contributed by atoms with Gasteiger partial charge in [0.05, 0.1) is 11.7 Å². The SMILES string of the molecule is CN1c2cc(N)ccc2OCC1CN. The van der Waals surface area contributed by atoms with Gasteiger partial charge in [0.1, 0.15) is 12.4 Å². The van der Waals surface area contributed by atoms with Crippen molar-refractivity contribution in [2.45, 2.75) is 6.04 Å². The number of rotatable bonds is 1. The van der Waals surface area contributed by atoms with Crippen LogP contribution in [-0.2, 0) is 0 Å². The number of anilines is 2. The normalized spacial score (nSPS) is 20.1. The number of hydrogen-bond acceptors (Lipinski definition) is 4. The van der Waals surface area contributed by atoms with E-state index >= 15 is 0 Å². The average molecular weight is 193 g/mol. The predicted molar refractivity (Wildman–Crippen MR) is 57.6 cm³/mol. The van der Waals surface area contributed by atoms with Gasteiger partial charge in [0.15, 0.2) is 0 Å². The second kappa shape index (κ2) is 3.38. The Morgan fingerprint density at radius 1 is 1.57 bits per heavy atom. The van der Waals surface area contributed by atoms with Crippen LogP contribution in [0, 0.1) is 0 Å². The molecule has 1 heterocycles. The molecule has 4 nitrogen and oxygen atoms in total. The summed E-state index contributed by atoms with van der Waals surface area (Å²) in [6, 6.07) is 5.89. The maximum absolute atomic E-state index is 5.72. The summed E-state index contributed by atoms with van der Waals surface area (Å²) in [5.41, 5.74) is 13.1. The number of benzene rings is 1. The smallest absolute Gasteiger partial charge is 0.142 e. The molecule has 1 aromatic carbocycles. The maximum atomic E-state index is 5.72. The summed E-state index contributed by atoms with van der Waals surface area (Å²) in [7, 11) is 2.01. The van der Waals surface area contributed by atoms with Crippen LogP contribution in [-0.4, -0.2) is 26.2 Å². The Morgan fingerprint density at radius 3 is 3.07 bits per heavy atom. The van der Waals surface area contributed by atoms with Crippen LogP contribution in [0.5, 0.6) is 5.75 Å². The highest BCUT2D eigenvalue weighted by atomic mass is 16.5. The Bertz CT molecular complexity index is 340. The molecule has 2 rings (SSSR count). The molecule has 0 aromatic heterocycles. The van der Waals surface area contributed by atoms with E-state index in [0.29, 0.717) is 13.2 Å². The lowest BCUT2D eigenvalue weighted by molar-refractivity contribution is 0.269. The molecule has 0 aliphatic carbocycles. The van der Waals surface area contributed by atoms with Crippen molar-refractivity contribution >= 4 is 11.4 Å². The molecular weight excluding hydrogens is 178 g/mol. The minimum Gasteiger partial charge on any atom is -0.489 e. The zero-order chi connectivity index (χ0) is 10.1. The van der Waals surface area contributed by atoms with E-state index in [-0.39, 0.29) is 6.04 Å². The Balaban J connectivity index is 2.38. The molecule has 4 heteroatoms. The highest BCUT2D eigenvalue weighted by molar-refractivity contribution is 5.66. The average Bonchev–Trinajstić information content (AvgIpc) is 2.20. The number of ether oxygens (including phenoxy) is 1. The minimum atomic E-state index is 0.240. The highest BCUT2D eigenvalue weighted by Crippen LogP contribution is 2.33. The van der Waals surface area contributed by atoms with Crippen LogP contribution in [0.4, 0.5) is 11.4 Å². The number of nitrogens with two attached hydrogens (primary N) is 2. The standard InChI is InChI=1S/C10H15N3O/c1-13-8(5-11)6-14-10-3-2-7(12)4-9(10)13/h2-4,8H,5-6,11-12H2,1H3. The van der Waals surface area contributed by atoms with E-state index in [4.69, 9.17) is 16.2 Å². The minimum absolute atomic E-state index is 0.240. The fourth-order valence-corrected chi connectivity index (χ4v) is 1.65. The van der Waals surface area contributed by atoms with E-state index in [1.807, 2.05) is 25.2 Å². The van der Waals surface area contributed by atoms with E-state index < -0.39 is 0 Å². The molecule has 4 N–H and O–H groups in total. The summed E-state index contributed by atoms with van der Waals surface area (Å²) in [4.78, 5) is 2.12. The molecule has 1 aliphatic heterocycles. The van der Waals surface area contributed by atoms with Crippen molar-refractivity contribution < 1.29 is 4.74 Å². The van der Waals surface area contributed by atoms with Crippen molar-refractivity contribution in [3.05, 3.63) is 18.2 Å². The van der Waals surface area contributed by atoms with Crippen molar-refractivity contribution in [1.29, 1.82) is 0 Å². The Kier molecular flexibility index (Phi) is 2.21. The fourth-order valence-electron chi connectivity index (χ4n) is 1.65. The third kappa shape index (κ3) is 1.37. The van der Waals surface area contributed by atoms with Crippen LogP contribution in [0.15, 0.2) is 18.2 Å². The van der Waals surface area contributed by atoms with Gasteiger partial charge in [-0.1, -0.05) is 0 Å². The van der Waals surface area contributed by atoms with Crippen molar-refractivity contribution in [3.8, 4) is 5.75 Å². The van der Waals surface area contributed by atoms with E-state index in [9.17, 15) is 0 Å². The molecule has 0 spiro atoms. The van der Waals surface area contributed by atoms with Gasteiger partial charge in [0, 0.05) is 19.3 Å². The van der Waals surface area contributed by atoms with Gasteiger partial charge in [0.25, 0.3) is 0 Å². The van der Waals surface area contributed by atoms with Crippen LogP contribution in [0.25, 0.3) is 0 Å². The lowest BCUT2D eigenvalue weighted by atomic mass is 10.1. The fraction of sp³-hybridized carbons (Fsp3) is 0.400. The number of hydrogen-bond donors (Lipinski definition) is 2. The molecule has 1 atom stereocenters. The molecule has 76 valence electrons. The second-order valence-corrected chi connectivity index (χ2v) is 3.54. The zero-order valence-corrected chi connectivity index (χ0v) is 8.23. The van der Waals surface area contributed by atoms with E-state index in [1.165, 1.54) is 0 Å². The van der Waals surface area contributed by atoms with Crippen LogP contribution >= 0.6 is 0 Å². The van der Waals surface area contributed by atoms with Crippen molar-refractivity contribution in [2.24, 2.45) is 5.73 Å². The zero-order valence-electron chi connectivity index (χ0n) is 8.23. The van der Waals surface area contributed by atoms with Gasteiger partial charge in [-0.25, -0.2) is 0 Å². The van der Waals surface area contributed by atoms with Crippen LogP contribution in [0.3, 0.4) is 0 Å². The lowest BCUT2D eigenvalue weighted by Gasteiger charge is -2.35. The summed E-state index contributed by atoms with van der Waals surface area (Å²) >= 11 is 0. The first-order valence-electron chi connectivity index (χ1n) is 4.67. The van der Waals surface area contributed by atoms with Gasteiger partial charge in [-0.15, -0.1) is 0 Å². The number of fused-ring (bicyclic) bond motifs is 1. The third-order valence-corrected chi connectivity index (χ3v) is 2.61. The van der Waals surface area contributed by atoms with Crippen LogP contribution in [0.1, 0.15) is 0 Å². The second-order valence-electron chi connectivity index (χ2n) is 3.54. The molecule has 1 unspecified atom stereocenters. The highest BCUT2D eigenvalue weighted by Gasteiger charge is 2.23. The van der Waals surface area contributed by atoms with Crippen molar-refractivity contribution in [2.75, 3.05) is 30.8 Å². The van der Waals surface area contributed by atoms with Gasteiger partial charge in [0.2, 0.25) is 0 Å². The maximum Gasteiger partial charge on any atom is 0.142 e. The van der Waals surface area contributed by atoms with Gasteiger partial charge in [-0.2, -0.15) is 0 Å². The largest absolute Gasteiger partial charge is 0.489 e. The Hall–Kier alpha value is -1.42. The van der Waals surface area contributed by atoms with Gasteiger partial charge >= 0.3 is 0 Å². The van der Waals surface area contributed by atoms with Crippen molar-refractivity contribution in [3.63, 3.8) is 0 Å². The Morgan fingerprint density at radius 2 is 2.36 bits per heavy atom. The van der Waals surface area contributed by atoms with E-state index in [2.05, 4.69) is 4.90 Å². The molecule has 0 saturated carbocycles. The first-order chi connectivity index (χ1) is 6.72. The molecule has 1 aromatic rings. The van der Waals surface area contributed by atoms with E-state index in [1.54, 1.807) is 0 Å². The van der Waals surface area contributed by atoms with E-state index in [0.717, 1.165) is 17.1 Å². The molecular formula is C10H15N3O. The monoisotopic (exact) mass is 193 g/mol. The van der Waals surface area contributed by atoms with Gasteiger partial charge in [-0.3, -0.25) is 0 Å². The number of likely N-dealkylation sites (N-methyl/N-ethyl adjacent to an activating group) is 1. The summed E-state index contributed by atoms with van der Waals surface area (Å²) in [6.07, 6.45) is 0. The lowest BCUT2D eigenvalue weighted by Crippen LogP contribution is -2.45. The molecule has 0 bridgehead atoms. The topological polar surface area (TPSA) is 64.5 Å². The molecule has 0 radical (unpaired) electrons. The molecule has 0 amide bonds. The number of nitrogen functional groups attached to an aromatic ring is 1. The first-order valence-corrected chi connectivity index (χ1v) is 4.67. The van der Waals surface area contributed by atoms with Crippen LogP contribution < -0.4 is 21.1 Å². The molecule has 14 heavy (non-hydrogen) atoms. The molecule has 0 fully saturated rings. The number of nitrogens with zero attached hydrogens (tertiary/aromatic N) is 1. The summed E-state index contributed by atoms with van der Waals surface area (Å²) in [6.45, 7) is 1.23. The summed E-state index contributed by atoms with van der Waals surface area (Å²) < 4.78 is 5.58. The quantitative estimate of drug-likeness (QED) is 0.635. The van der Waals surface area contributed by atoms with Gasteiger partial charge in [-0.05, 0) is 18.2 Å². The molecule has 1 aliphatic rings. The summed E-state index contributed by atoms with van der Waals surface area (Å²) in [5.74, 6) is 0.881.